The molecular weight excluding hydrogens is 157 g/mol. The van der Waals surface area contributed by atoms with Crippen molar-refractivity contribution in [3.63, 3.8) is 0 Å². The van der Waals surface area contributed by atoms with Gasteiger partial charge in [0.25, 0.3) is 0 Å². The van der Waals surface area contributed by atoms with Gasteiger partial charge in [-0.3, -0.25) is 0 Å². The second kappa shape index (κ2) is 4.56. The van der Waals surface area contributed by atoms with Crippen molar-refractivity contribution in [3.05, 3.63) is 54.6 Å². The number of rotatable bonds is 4. The molecular formula is C11H12BN. The normalized spacial score (nSPS) is 9.23. The molecule has 0 saturated heterocycles. The van der Waals surface area contributed by atoms with Gasteiger partial charge in [-0.1, -0.05) is 43.0 Å². The fraction of sp³-hybridized carbons (Fsp3) is 0.0909. The lowest BCUT2D eigenvalue weighted by Gasteiger charge is -2.08. The summed E-state index contributed by atoms with van der Waals surface area (Å²) in [6.45, 7) is 7.52. The molecule has 1 aromatic rings. The molecule has 2 heteroatoms. The Bertz CT molecular complexity index is 318. The van der Waals surface area contributed by atoms with Gasteiger partial charge in [-0.25, -0.2) is 0 Å². The summed E-state index contributed by atoms with van der Waals surface area (Å²) in [5.41, 5.74) is 3.06. The highest BCUT2D eigenvalue weighted by molar-refractivity contribution is 6.16. The summed E-state index contributed by atoms with van der Waals surface area (Å²) in [5.74, 6) is 0. The van der Waals surface area contributed by atoms with Crippen molar-refractivity contribution in [2.24, 2.45) is 0 Å². The van der Waals surface area contributed by atoms with Gasteiger partial charge in [0.2, 0.25) is 7.98 Å². The quantitative estimate of drug-likeness (QED) is 0.539. The fourth-order valence-electron chi connectivity index (χ4n) is 1.13. The van der Waals surface area contributed by atoms with Gasteiger partial charge in [0, 0.05) is 5.69 Å². The van der Waals surface area contributed by atoms with Crippen LogP contribution in [0.3, 0.4) is 0 Å². The van der Waals surface area contributed by atoms with Crippen LogP contribution in [0.2, 0.25) is 0 Å². The minimum absolute atomic E-state index is 0.782. The van der Waals surface area contributed by atoms with E-state index in [4.69, 9.17) is 7.98 Å². The van der Waals surface area contributed by atoms with Crippen LogP contribution in [0, 0.1) is 0 Å². The second-order valence-electron chi connectivity index (χ2n) is 2.84. The summed E-state index contributed by atoms with van der Waals surface area (Å²) in [5, 5.41) is 2.65. The third kappa shape index (κ3) is 2.51. The number of nitrogens with one attached hydrogen (secondary N) is 1. The zero-order valence-electron chi connectivity index (χ0n) is 7.59. The molecule has 0 aliphatic carbocycles. The zero-order chi connectivity index (χ0) is 9.68. The minimum Gasteiger partial charge on any atom is -0.437 e. The first kappa shape index (κ1) is 9.65. The lowest BCUT2D eigenvalue weighted by Crippen LogP contribution is -1.97. The maximum Gasteiger partial charge on any atom is 0.222 e. The van der Waals surface area contributed by atoms with Crippen LogP contribution in [0.1, 0.15) is 5.56 Å². The van der Waals surface area contributed by atoms with Gasteiger partial charge in [0.05, 0.1) is 0 Å². The zero-order valence-corrected chi connectivity index (χ0v) is 7.59. The monoisotopic (exact) mass is 169 g/mol. The highest BCUT2D eigenvalue weighted by Gasteiger charge is 1.98. The maximum atomic E-state index is 5.36. The molecule has 0 bridgehead atoms. The Morgan fingerprint density at radius 3 is 2.77 bits per heavy atom. The van der Waals surface area contributed by atoms with Crippen LogP contribution in [-0.2, 0) is 6.42 Å². The third-order valence-corrected chi connectivity index (χ3v) is 1.88. The van der Waals surface area contributed by atoms with E-state index >= 15 is 0 Å². The lowest BCUT2D eigenvalue weighted by molar-refractivity contribution is 1.21. The van der Waals surface area contributed by atoms with Crippen LogP contribution in [0.5, 0.6) is 0 Å². The van der Waals surface area contributed by atoms with Crippen LogP contribution >= 0.6 is 0 Å². The van der Waals surface area contributed by atoms with E-state index in [1.165, 1.54) is 0 Å². The molecule has 0 aromatic heterocycles. The minimum atomic E-state index is 0.782. The Morgan fingerprint density at radius 1 is 1.46 bits per heavy atom. The van der Waals surface area contributed by atoms with Crippen LogP contribution in [0.15, 0.2) is 49.1 Å². The average Bonchev–Trinajstić information content (AvgIpc) is 2.18. The number of allylic oxidation sites excluding steroid dienone is 2. The summed E-state index contributed by atoms with van der Waals surface area (Å²) in [4.78, 5) is 0. The van der Waals surface area contributed by atoms with Crippen molar-refractivity contribution >= 4 is 13.7 Å². The highest BCUT2D eigenvalue weighted by atomic mass is 14.7. The first-order chi connectivity index (χ1) is 6.27. The summed E-state index contributed by atoms with van der Waals surface area (Å²) >= 11 is 0. The van der Waals surface area contributed by atoms with Gasteiger partial charge in [-0.15, -0.1) is 0 Å². The molecule has 0 unspecified atom stereocenters. The molecule has 0 fully saturated rings. The Morgan fingerprint density at radius 2 is 2.15 bits per heavy atom. The number of hydrogen-bond donors (Lipinski definition) is 1. The van der Waals surface area contributed by atoms with Crippen molar-refractivity contribution in [1.82, 2.24) is 0 Å². The van der Waals surface area contributed by atoms with E-state index in [0.717, 1.165) is 23.2 Å². The Balaban J connectivity index is 2.86. The number of benzene rings is 1. The highest BCUT2D eigenvalue weighted by Crippen LogP contribution is 2.17. The summed E-state index contributed by atoms with van der Waals surface area (Å²) in [6, 6.07) is 7.87. The SMILES string of the molecule is [B]Nc1ccccc1CC(=C)C=C. The molecule has 0 heterocycles. The average molecular weight is 169 g/mol. The molecule has 13 heavy (non-hydrogen) atoms. The molecule has 0 saturated carbocycles. The van der Waals surface area contributed by atoms with Gasteiger partial charge < -0.3 is 5.23 Å². The maximum absolute atomic E-state index is 5.36. The molecule has 1 N–H and O–H groups in total. The smallest absolute Gasteiger partial charge is 0.222 e. The number of para-hydroxylation sites is 1. The van der Waals surface area contributed by atoms with E-state index in [0.29, 0.717) is 0 Å². The molecule has 0 atom stereocenters. The van der Waals surface area contributed by atoms with E-state index in [-0.39, 0.29) is 0 Å². The van der Waals surface area contributed by atoms with E-state index in [2.05, 4.69) is 18.4 Å². The van der Waals surface area contributed by atoms with Crippen molar-refractivity contribution in [2.75, 3.05) is 5.23 Å². The Kier molecular flexibility index (Phi) is 3.38. The van der Waals surface area contributed by atoms with E-state index in [1.54, 1.807) is 6.08 Å². The van der Waals surface area contributed by atoms with E-state index in [9.17, 15) is 0 Å². The molecule has 64 valence electrons. The van der Waals surface area contributed by atoms with Gasteiger partial charge in [-0.05, 0) is 18.1 Å². The molecule has 1 aromatic carbocycles. The summed E-state index contributed by atoms with van der Waals surface area (Å²) in [7, 11) is 5.36. The fourth-order valence-corrected chi connectivity index (χ4v) is 1.13. The predicted octanol–water partition coefficient (Wildman–Crippen LogP) is 2.47. The van der Waals surface area contributed by atoms with Crippen molar-refractivity contribution < 1.29 is 0 Å². The van der Waals surface area contributed by atoms with E-state index < -0.39 is 0 Å². The van der Waals surface area contributed by atoms with E-state index in [1.807, 2.05) is 24.3 Å². The van der Waals surface area contributed by atoms with Crippen molar-refractivity contribution in [3.8, 4) is 0 Å². The third-order valence-electron chi connectivity index (χ3n) is 1.88. The topological polar surface area (TPSA) is 12.0 Å². The summed E-state index contributed by atoms with van der Waals surface area (Å²) in [6.07, 6.45) is 2.54. The van der Waals surface area contributed by atoms with Gasteiger partial charge in [0.15, 0.2) is 0 Å². The van der Waals surface area contributed by atoms with Crippen LogP contribution in [0.25, 0.3) is 0 Å². The molecule has 2 radical (unpaired) electrons. The first-order valence-corrected chi connectivity index (χ1v) is 4.12. The van der Waals surface area contributed by atoms with Gasteiger partial charge >= 0.3 is 0 Å². The van der Waals surface area contributed by atoms with Gasteiger partial charge in [0.1, 0.15) is 0 Å². The standard InChI is InChI=1S/C11H12BN/c1-3-9(2)8-10-6-4-5-7-11(10)13-12/h3-7,13H,1-2,8H2. The van der Waals surface area contributed by atoms with Crippen molar-refractivity contribution in [2.45, 2.75) is 6.42 Å². The van der Waals surface area contributed by atoms with Gasteiger partial charge in [-0.2, -0.15) is 0 Å². The molecule has 0 aliphatic heterocycles. The summed E-state index contributed by atoms with van der Waals surface area (Å²) < 4.78 is 0. The lowest BCUT2D eigenvalue weighted by atomic mass is 10.0. The van der Waals surface area contributed by atoms with Crippen LogP contribution in [-0.4, -0.2) is 7.98 Å². The molecule has 0 aliphatic rings. The van der Waals surface area contributed by atoms with Crippen molar-refractivity contribution in [1.29, 1.82) is 0 Å². The molecule has 0 amide bonds. The Hall–Kier alpha value is -1.44. The number of hydrogen-bond acceptors (Lipinski definition) is 1. The molecule has 0 spiro atoms. The largest absolute Gasteiger partial charge is 0.437 e. The molecule has 1 rings (SSSR count). The predicted molar refractivity (Wildman–Crippen MR) is 58.9 cm³/mol. The molecule has 1 nitrogen and oxygen atoms in total. The Labute approximate surface area is 80.6 Å². The number of anilines is 1. The van der Waals surface area contributed by atoms with Crippen LogP contribution in [0.4, 0.5) is 5.69 Å². The first-order valence-electron chi connectivity index (χ1n) is 4.12. The second-order valence-corrected chi connectivity index (χ2v) is 2.84. The van der Waals surface area contributed by atoms with Crippen LogP contribution < -0.4 is 5.23 Å².